The lowest BCUT2D eigenvalue weighted by molar-refractivity contribution is -0.124. The van der Waals surface area contributed by atoms with E-state index in [-0.39, 0.29) is 12.0 Å². The number of carbonyl (C=O) groups excluding carboxylic acids is 1. The Balaban J connectivity index is 1.43. The summed E-state index contributed by atoms with van der Waals surface area (Å²) in [5.41, 5.74) is 1.14. The van der Waals surface area contributed by atoms with Gasteiger partial charge >= 0.3 is 0 Å². The highest BCUT2D eigenvalue weighted by Gasteiger charge is 2.22. The van der Waals surface area contributed by atoms with E-state index in [4.69, 9.17) is 4.74 Å². The van der Waals surface area contributed by atoms with Crippen LogP contribution in [-0.4, -0.2) is 52.9 Å². The molecule has 0 bridgehead atoms. The van der Waals surface area contributed by atoms with Gasteiger partial charge in [0.15, 0.2) is 0 Å². The highest BCUT2D eigenvalue weighted by molar-refractivity contribution is 7.11. The average Bonchev–Trinajstić information content (AvgIpc) is 3.14. The zero-order chi connectivity index (χ0) is 16.9. The van der Waals surface area contributed by atoms with Crippen molar-refractivity contribution >= 4 is 17.2 Å². The molecule has 7 heteroatoms. The third-order valence-electron chi connectivity index (χ3n) is 4.00. The first-order valence-electron chi connectivity index (χ1n) is 8.23. The van der Waals surface area contributed by atoms with Crippen molar-refractivity contribution in [3.05, 3.63) is 39.8 Å². The van der Waals surface area contributed by atoms with Crippen LogP contribution < -0.4 is 5.32 Å². The van der Waals surface area contributed by atoms with Crippen molar-refractivity contribution in [1.29, 1.82) is 0 Å². The maximum absolute atomic E-state index is 12.2. The van der Waals surface area contributed by atoms with Crippen molar-refractivity contribution in [2.24, 2.45) is 0 Å². The maximum Gasteiger partial charge on any atom is 0.234 e. The summed E-state index contributed by atoms with van der Waals surface area (Å²) in [6.45, 7) is 8.05. The molecule has 6 nitrogen and oxygen atoms in total. The third-order valence-corrected chi connectivity index (χ3v) is 5.00. The first-order valence-corrected chi connectivity index (χ1v) is 9.05. The molecule has 2 aromatic rings. The van der Waals surface area contributed by atoms with Gasteiger partial charge in [-0.2, -0.15) is 5.10 Å². The summed E-state index contributed by atoms with van der Waals surface area (Å²) in [6.07, 6.45) is 3.93. The van der Waals surface area contributed by atoms with E-state index in [1.165, 1.54) is 9.75 Å². The monoisotopic (exact) mass is 348 g/mol. The van der Waals surface area contributed by atoms with Gasteiger partial charge in [0.2, 0.25) is 5.91 Å². The second kappa shape index (κ2) is 7.92. The summed E-state index contributed by atoms with van der Waals surface area (Å²) in [7, 11) is 0. The Morgan fingerprint density at radius 3 is 3.04 bits per heavy atom. The number of nitrogens with zero attached hydrogens (tertiary/aromatic N) is 3. The lowest BCUT2D eigenvalue weighted by Crippen LogP contribution is -2.48. The van der Waals surface area contributed by atoms with Crippen LogP contribution in [0.25, 0.3) is 0 Å². The van der Waals surface area contributed by atoms with Gasteiger partial charge in [-0.15, -0.1) is 11.3 Å². The Morgan fingerprint density at radius 2 is 2.33 bits per heavy atom. The number of morpholine rings is 1. The molecule has 1 amide bonds. The van der Waals surface area contributed by atoms with Gasteiger partial charge in [0.05, 0.1) is 38.5 Å². The topological polar surface area (TPSA) is 59.4 Å². The maximum atomic E-state index is 12.2. The Hall–Kier alpha value is -1.70. The number of rotatable bonds is 6. The number of carbonyl (C=O) groups is 1. The highest BCUT2D eigenvalue weighted by atomic mass is 32.1. The van der Waals surface area contributed by atoms with E-state index in [1.54, 1.807) is 11.3 Å². The molecule has 1 atom stereocenters. The normalized spacial score (nSPS) is 18.7. The molecule has 0 spiro atoms. The molecule has 1 aliphatic rings. The fourth-order valence-corrected chi connectivity index (χ4v) is 3.66. The Labute approximate surface area is 146 Å². The summed E-state index contributed by atoms with van der Waals surface area (Å²) >= 11 is 1.72. The quantitative estimate of drug-likeness (QED) is 0.861. The molecule has 0 saturated carbocycles. The zero-order valence-electron chi connectivity index (χ0n) is 14.2. The van der Waals surface area contributed by atoms with Crippen LogP contribution in [0.1, 0.15) is 15.3 Å². The van der Waals surface area contributed by atoms with Crippen LogP contribution in [0, 0.1) is 13.8 Å². The summed E-state index contributed by atoms with van der Waals surface area (Å²) in [6, 6.07) is 4.15. The molecule has 1 N–H and O–H groups in total. The minimum atomic E-state index is 0.0663. The van der Waals surface area contributed by atoms with Crippen molar-refractivity contribution in [2.45, 2.75) is 33.0 Å². The molecule has 0 aliphatic carbocycles. The van der Waals surface area contributed by atoms with E-state index in [9.17, 15) is 4.79 Å². The summed E-state index contributed by atoms with van der Waals surface area (Å²) in [5.74, 6) is 0.0663. The first-order chi connectivity index (χ1) is 11.6. The lowest BCUT2D eigenvalue weighted by atomic mass is 10.2. The SMILES string of the molecule is Cc1cnn(C[C@@H]2CN(CC(=O)NCc3ccc(C)s3)CCO2)c1. The van der Waals surface area contributed by atoms with Gasteiger partial charge in [0.1, 0.15) is 0 Å². The molecular weight excluding hydrogens is 324 g/mol. The van der Waals surface area contributed by atoms with E-state index in [0.717, 1.165) is 25.2 Å². The zero-order valence-corrected chi connectivity index (χ0v) is 15.0. The fourth-order valence-electron chi connectivity index (χ4n) is 2.83. The number of ether oxygens (including phenoxy) is 1. The second-order valence-electron chi connectivity index (χ2n) is 6.26. The van der Waals surface area contributed by atoms with Crippen molar-refractivity contribution in [2.75, 3.05) is 26.2 Å². The summed E-state index contributed by atoms with van der Waals surface area (Å²) in [5, 5.41) is 7.30. The largest absolute Gasteiger partial charge is 0.374 e. The van der Waals surface area contributed by atoms with Gasteiger partial charge in [-0.1, -0.05) is 0 Å². The van der Waals surface area contributed by atoms with Gasteiger partial charge in [0, 0.05) is 29.0 Å². The number of hydrogen-bond acceptors (Lipinski definition) is 5. The molecule has 3 heterocycles. The van der Waals surface area contributed by atoms with Crippen LogP contribution in [-0.2, 0) is 22.6 Å². The van der Waals surface area contributed by atoms with Gasteiger partial charge in [-0.05, 0) is 31.5 Å². The molecule has 1 aliphatic heterocycles. The Morgan fingerprint density at radius 1 is 1.46 bits per heavy atom. The van der Waals surface area contributed by atoms with Crippen molar-refractivity contribution in [3.63, 3.8) is 0 Å². The summed E-state index contributed by atoms with van der Waals surface area (Å²) in [4.78, 5) is 16.8. The van der Waals surface area contributed by atoms with Gasteiger partial charge < -0.3 is 10.1 Å². The van der Waals surface area contributed by atoms with Gasteiger partial charge in [-0.3, -0.25) is 14.4 Å². The van der Waals surface area contributed by atoms with Crippen LogP contribution in [0.5, 0.6) is 0 Å². The Kier molecular flexibility index (Phi) is 5.65. The minimum absolute atomic E-state index is 0.0663. The van der Waals surface area contributed by atoms with Crippen molar-refractivity contribution < 1.29 is 9.53 Å². The second-order valence-corrected chi connectivity index (χ2v) is 7.63. The van der Waals surface area contributed by atoms with Gasteiger partial charge in [0.25, 0.3) is 0 Å². The van der Waals surface area contributed by atoms with Crippen LogP contribution in [0.4, 0.5) is 0 Å². The molecular formula is C17H24N4O2S. The third kappa shape index (κ3) is 4.90. The van der Waals surface area contributed by atoms with E-state index in [1.807, 2.05) is 24.0 Å². The molecule has 1 saturated heterocycles. The van der Waals surface area contributed by atoms with Gasteiger partial charge in [-0.25, -0.2) is 0 Å². The molecule has 24 heavy (non-hydrogen) atoms. The number of amides is 1. The number of thiophene rings is 1. The van der Waals surface area contributed by atoms with Crippen LogP contribution >= 0.6 is 11.3 Å². The molecule has 2 aromatic heterocycles. The molecule has 0 aromatic carbocycles. The summed E-state index contributed by atoms with van der Waals surface area (Å²) < 4.78 is 7.71. The predicted octanol–water partition coefficient (Wildman–Crippen LogP) is 1.58. The van der Waals surface area contributed by atoms with Crippen LogP contribution in [0.15, 0.2) is 24.5 Å². The van der Waals surface area contributed by atoms with Crippen LogP contribution in [0.3, 0.4) is 0 Å². The molecule has 1 fully saturated rings. The molecule has 0 unspecified atom stereocenters. The number of nitrogens with one attached hydrogen (secondary N) is 1. The average molecular weight is 348 g/mol. The number of aryl methyl sites for hydroxylation is 2. The van der Waals surface area contributed by atoms with Crippen molar-refractivity contribution in [3.8, 4) is 0 Å². The van der Waals surface area contributed by atoms with E-state index >= 15 is 0 Å². The predicted molar refractivity (Wildman–Crippen MR) is 94.0 cm³/mol. The van der Waals surface area contributed by atoms with Crippen molar-refractivity contribution in [1.82, 2.24) is 20.0 Å². The highest BCUT2D eigenvalue weighted by Crippen LogP contribution is 2.14. The van der Waals surface area contributed by atoms with E-state index < -0.39 is 0 Å². The van der Waals surface area contributed by atoms with E-state index in [0.29, 0.717) is 19.7 Å². The number of aromatic nitrogens is 2. The fraction of sp³-hybridized carbons (Fsp3) is 0.529. The molecule has 130 valence electrons. The van der Waals surface area contributed by atoms with Crippen LogP contribution in [0.2, 0.25) is 0 Å². The minimum Gasteiger partial charge on any atom is -0.374 e. The molecule has 0 radical (unpaired) electrons. The Bertz CT molecular complexity index is 682. The smallest absolute Gasteiger partial charge is 0.234 e. The van der Waals surface area contributed by atoms with E-state index in [2.05, 4.69) is 34.4 Å². The lowest BCUT2D eigenvalue weighted by Gasteiger charge is -2.32. The molecule has 3 rings (SSSR count). The first kappa shape index (κ1) is 17.1. The standard InChI is InChI=1S/C17H24N4O2S/c1-13-7-19-21(9-13)11-15-10-20(5-6-23-15)12-17(22)18-8-16-4-3-14(2)24-16/h3-4,7,9,15H,5-6,8,10-12H2,1-2H3,(H,18,22)/t15-/m0/s1. The number of hydrogen-bond donors (Lipinski definition) is 1.